The second-order valence-corrected chi connectivity index (χ2v) is 7.85. The molecular formula is C19H21N5O2S. The maximum atomic E-state index is 12.4. The molecule has 8 heteroatoms. The summed E-state index contributed by atoms with van der Waals surface area (Å²) in [6, 6.07) is 9.39. The molecule has 2 N–H and O–H groups in total. The van der Waals surface area contributed by atoms with Crippen LogP contribution in [0.15, 0.2) is 30.3 Å². The highest BCUT2D eigenvalue weighted by molar-refractivity contribution is 7.14. The number of amides is 2. The number of benzene rings is 1. The average molecular weight is 383 g/mol. The number of aryl methyl sites for hydroxylation is 2. The van der Waals surface area contributed by atoms with Crippen molar-refractivity contribution < 1.29 is 9.59 Å². The summed E-state index contributed by atoms with van der Waals surface area (Å²) in [6.45, 7) is -0.0122. The molecule has 27 heavy (non-hydrogen) atoms. The van der Waals surface area contributed by atoms with E-state index < -0.39 is 0 Å². The molecule has 140 valence electrons. The van der Waals surface area contributed by atoms with E-state index >= 15 is 0 Å². The predicted octanol–water partition coefficient (Wildman–Crippen LogP) is 2.61. The van der Waals surface area contributed by atoms with E-state index in [1.807, 2.05) is 30.3 Å². The number of carbonyl (C=O) groups is 2. The molecule has 0 saturated heterocycles. The van der Waals surface area contributed by atoms with Crippen molar-refractivity contribution in [3.8, 4) is 0 Å². The molecule has 1 aliphatic carbocycles. The van der Waals surface area contributed by atoms with Gasteiger partial charge in [-0.2, -0.15) is 0 Å². The Bertz CT molecular complexity index is 952. The van der Waals surface area contributed by atoms with Crippen molar-refractivity contribution in [3.63, 3.8) is 0 Å². The first-order chi connectivity index (χ1) is 13.2. The SMILES string of the molecule is O=C(Cn1nnc2ccccc21)NNC(=O)c1cc2c(s1)CCCCCC2. The van der Waals surface area contributed by atoms with Crippen LogP contribution in [0.2, 0.25) is 0 Å². The number of para-hydroxylation sites is 1. The highest BCUT2D eigenvalue weighted by atomic mass is 32.1. The Hall–Kier alpha value is -2.74. The van der Waals surface area contributed by atoms with E-state index in [1.54, 1.807) is 0 Å². The van der Waals surface area contributed by atoms with E-state index in [0.717, 1.165) is 23.9 Å². The Morgan fingerprint density at radius 3 is 2.78 bits per heavy atom. The van der Waals surface area contributed by atoms with E-state index in [9.17, 15) is 9.59 Å². The quantitative estimate of drug-likeness (QED) is 0.681. The number of nitrogens with one attached hydrogen (secondary N) is 2. The van der Waals surface area contributed by atoms with Crippen molar-refractivity contribution in [1.82, 2.24) is 25.8 Å². The molecule has 0 spiro atoms. The second kappa shape index (κ2) is 7.87. The van der Waals surface area contributed by atoms with E-state index in [4.69, 9.17) is 0 Å². The van der Waals surface area contributed by atoms with Crippen molar-refractivity contribution in [2.75, 3.05) is 0 Å². The number of hydrogen-bond acceptors (Lipinski definition) is 5. The summed E-state index contributed by atoms with van der Waals surface area (Å²) < 4.78 is 1.51. The van der Waals surface area contributed by atoms with Crippen LogP contribution in [0.1, 0.15) is 45.8 Å². The topological polar surface area (TPSA) is 88.9 Å². The monoisotopic (exact) mass is 383 g/mol. The molecule has 0 bridgehead atoms. The van der Waals surface area contributed by atoms with Gasteiger partial charge in [-0.15, -0.1) is 16.4 Å². The third-order valence-corrected chi connectivity index (χ3v) is 5.99. The lowest BCUT2D eigenvalue weighted by atomic mass is 10.00. The summed E-state index contributed by atoms with van der Waals surface area (Å²) in [5.74, 6) is -0.627. The number of thiophene rings is 1. The van der Waals surface area contributed by atoms with Gasteiger partial charge in [-0.1, -0.05) is 30.2 Å². The van der Waals surface area contributed by atoms with Crippen LogP contribution in [0, 0.1) is 0 Å². The fraction of sp³-hybridized carbons (Fsp3) is 0.368. The molecular weight excluding hydrogens is 362 g/mol. The smallest absolute Gasteiger partial charge is 0.271 e. The molecule has 0 aliphatic heterocycles. The van der Waals surface area contributed by atoms with Crippen LogP contribution in [0.5, 0.6) is 0 Å². The number of hydrogen-bond donors (Lipinski definition) is 2. The maximum absolute atomic E-state index is 12.4. The minimum absolute atomic E-state index is 0.0122. The molecule has 1 aliphatic rings. The van der Waals surface area contributed by atoms with Gasteiger partial charge in [-0.3, -0.25) is 20.4 Å². The molecule has 2 heterocycles. The Balaban J connectivity index is 1.36. The van der Waals surface area contributed by atoms with E-state index in [-0.39, 0.29) is 18.4 Å². The molecule has 3 aromatic rings. The van der Waals surface area contributed by atoms with Crippen LogP contribution in [-0.2, 0) is 24.2 Å². The molecule has 0 unspecified atom stereocenters. The lowest BCUT2D eigenvalue weighted by Crippen LogP contribution is -2.43. The summed E-state index contributed by atoms with van der Waals surface area (Å²) in [5, 5.41) is 7.99. The van der Waals surface area contributed by atoms with Gasteiger partial charge < -0.3 is 0 Å². The van der Waals surface area contributed by atoms with Crippen molar-refractivity contribution in [2.45, 2.75) is 45.1 Å². The minimum atomic E-state index is -0.353. The van der Waals surface area contributed by atoms with Gasteiger partial charge in [0.2, 0.25) is 0 Å². The summed E-state index contributed by atoms with van der Waals surface area (Å²) in [5.41, 5.74) is 7.76. The average Bonchev–Trinajstić information content (AvgIpc) is 3.24. The largest absolute Gasteiger partial charge is 0.279 e. The van der Waals surface area contributed by atoms with E-state index in [0.29, 0.717) is 4.88 Å². The first-order valence-corrected chi connectivity index (χ1v) is 10.0. The van der Waals surface area contributed by atoms with Gasteiger partial charge in [-0.05, 0) is 49.4 Å². The number of carbonyl (C=O) groups excluding carboxylic acids is 2. The predicted molar refractivity (Wildman–Crippen MR) is 103 cm³/mol. The lowest BCUT2D eigenvalue weighted by Gasteiger charge is -2.07. The zero-order chi connectivity index (χ0) is 18.6. The molecule has 0 saturated carbocycles. The zero-order valence-corrected chi connectivity index (χ0v) is 15.7. The van der Waals surface area contributed by atoms with Crippen molar-refractivity contribution >= 4 is 34.2 Å². The second-order valence-electron chi connectivity index (χ2n) is 6.71. The first-order valence-electron chi connectivity index (χ1n) is 9.20. The highest BCUT2D eigenvalue weighted by Crippen LogP contribution is 2.28. The molecule has 0 fully saturated rings. The Morgan fingerprint density at radius 1 is 1.07 bits per heavy atom. The third kappa shape index (κ3) is 4.00. The summed E-state index contributed by atoms with van der Waals surface area (Å²) in [4.78, 5) is 26.5. The van der Waals surface area contributed by atoms with Gasteiger partial charge in [0.25, 0.3) is 11.8 Å². The third-order valence-electron chi connectivity index (χ3n) is 4.75. The number of aromatic nitrogens is 3. The van der Waals surface area contributed by atoms with Gasteiger partial charge in [0.05, 0.1) is 10.4 Å². The first kappa shape index (κ1) is 17.7. The van der Waals surface area contributed by atoms with Gasteiger partial charge >= 0.3 is 0 Å². The van der Waals surface area contributed by atoms with Crippen LogP contribution < -0.4 is 10.9 Å². The van der Waals surface area contributed by atoms with Crippen LogP contribution in [0.25, 0.3) is 11.0 Å². The van der Waals surface area contributed by atoms with Gasteiger partial charge in [0.1, 0.15) is 12.1 Å². The molecule has 2 amide bonds. The standard InChI is InChI=1S/C19H21N5O2S/c25-18(12-24-15-9-6-5-8-14(15)20-23-24)21-22-19(26)17-11-13-7-3-1-2-4-10-16(13)27-17/h5-6,8-9,11H,1-4,7,10,12H2,(H,21,25)(H,22,26). The maximum Gasteiger partial charge on any atom is 0.279 e. The van der Waals surface area contributed by atoms with Crippen LogP contribution in [-0.4, -0.2) is 26.8 Å². The molecule has 2 aromatic heterocycles. The minimum Gasteiger partial charge on any atom is -0.271 e. The van der Waals surface area contributed by atoms with Crippen LogP contribution in [0.4, 0.5) is 0 Å². The molecule has 4 rings (SSSR count). The number of fused-ring (bicyclic) bond motifs is 2. The summed E-state index contributed by atoms with van der Waals surface area (Å²) in [7, 11) is 0. The van der Waals surface area contributed by atoms with Gasteiger partial charge in [-0.25, -0.2) is 4.68 Å². The summed E-state index contributed by atoms with van der Waals surface area (Å²) in [6.07, 6.45) is 6.93. The molecule has 7 nitrogen and oxygen atoms in total. The van der Waals surface area contributed by atoms with Crippen LogP contribution in [0.3, 0.4) is 0 Å². The van der Waals surface area contributed by atoms with E-state index in [2.05, 4.69) is 21.2 Å². The lowest BCUT2D eigenvalue weighted by molar-refractivity contribution is -0.122. The van der Waals surface area contributed by atoms with E-state index in [1.165, 1.54) is 52.1 Å². The molecule has 0 atom stereocenters. The van der Waals surface area contributed by atoms with Crippen molar-refractivity contribution in [1.29, 1.82) is 0 Å². The molecule has 1 aromatic carbocycles. The Labute approximate surface area is 160 Å². The fourth-order valence-electron chi connectivity index (χ4n) is 3.35. The highest BCUT2D eigenvalue weighted by Gasteiger charge is 2.16. The normalized spacial score (nSPS) is 14.2. The van der Waals surface area contributed by atoms with Crippen molar-refractivity contribution in [3.05, 3.63) is 45.6 Å². The summed E-state index contributed by atoms with van der Waals surface area (Å²) >= 11 is 1.53. The van der Waals surface area contributed by atoms with Gasteiger partial charge in [0.15, 0.2) is 0 Å². The Kier molecular flexibility index (Phi) is 5.15. The fourth-order valence-corrected chi connectivity index (χ4v) is 4.50. The Morgan fingerprint density at radius 2 is 1.89 bits per heavy atom. The van der Waals surface area contributed by atoms with Crippen LogP contribution >= 0.6 is 11.3 Å². The number of nitrogens with zero attached hydrogens (tertiary/aromatic N) is 3. The number of rotatable bonds is 3. The van der Waals surface area contributed by atoms with Crippen molar-refractivity contribution in [2.24, 2.45) is 0 Å². The zero-order valence-electron chi connectivity index (χ0n) is 14.9. The van der Waals surface area contributed by atoms with Gasteiger partial charge in [0, 0.05) is 4.88 Å². The number of hydrazine groups is 1. The molecule has 0 radical (unpaired) electrons.